The maximum atomic E-state index is 13.7. The number of methoxy groups -OCH3 is 1. The van der Waals surface area contributed by atoms with Crippen molar-refractivity contribution in [2.45, 2.75) is 27.7 Å². The van der Waals surface area contributed by atoms with Gasteiger partial charge in [0.2, 0.25) is 0 Å². The van der Waals surface area contributed by atoms with Crippen LogP contribution < -0.4 is 9.64 Å². The third kappa shape index (κ3) is 4.43. The summed E-state index contributed by atoms with van der Waals surface area (Å²) >= 11 is 7.47. The Balaban J connectivity index is 1.89. The van der Waals surface area contributed by atoms with Crippen LogP contribution in [0.15, 0.2) is 58.4 Å². The Morgan fingerprint density at radius 3 is 2.41 bits per heavy atom. The molecule has 1 N–H and O–H groups in total. The minimum Gasteiger partial charge on any atom is -0.504 e. The average Bonchev–Trinajstić information content (AvgIpc) is 3.10. The molecule has 4 rings (SSSR count). The fourth-order valence-electron chi connectivity index (χ4n) is 3.70. The molecule has 0 saturated carbocycles. The van der Waals surface area contributed by atoms with Crippen molar-refractivity contribution >= 4 is 51.9 Å². The minimum atomic E-state index is -0.221. The maximum Gasteiger partial charge on any atom is 0.271 e. The van der Waals surface area contributed by atoms with E-state index in [4.69, 9.17) is 21.3 Å². The molecule has 1 amide bonds. The third-order valence-corrected chi connectivity index (χ3v) is 7.18. The number of thioether (sulfide) groups is 1. The molecule has 0 atom stereocenters. The van der Waals surface area contributed by atoms with E-state index in [1.807, 2.05) is 64.1 Å². The van der Waals surface area contributed by atoms with Crippen LogP contribution in [0, 0.1) is 27.7 Å². The van der Waals surface area contributed by atoms with Crippen molar-refractivity contribution in [3.63, 3.8) is 0 Å². The van der Waals surface area contributed by atoms with Gasteiger partial charge in [0.05, 0.1) is 23.4 Å². The Morgan fingerprint density at radius 2 is 1.71 bits per heavy atom. The summed E-state index contributed by atoms with van der Waals surface area (Å²) in [7, 11) is 1.45. The Morgan fingerprint density at radius 1 is 1.03 bits per heavy atom. The molecule has 0 aliphatic carbocycles. The molecule has 1 heterocycles. The molecule has 0 spiro atoms. The molecule has 174 valence electrons. The molecule has 34 heavy (non-hydrogen) atoms. The van der Waals surface area contributed by atoms with E-state index in [1.165, 1.54) is 24.9 Å². The van der Waals surface area contributed by atoms with Crippen LogP contribution in [0.5, 0.6) is 11.5 Å². The number of phenolic OH excluding ortho intramolecular Hbond substituents is 1. The summed E-state index contributed by atoms with van der Waals surface area (Å²) in [5, 5.41) is 11.5. The molecule has 5 nitrogen and oxygen atoms in total. The van der Waals surface area contributed by atoms with Gasteiger partial charge in [-0.1, -0.05) is 35.9 Å². The molecule has 1 fully saturated rings. The fraction of sp³-hybridized carbons (Fsp3) is 0.185. The van der Waals surface area contributed by atoms with Gasteiger partial charge < -0.3 is 9.84 Å². The number of ether oxygens (including phenoxy) is 1. The monoisotopic (exact) mass is 492 g/mol. The lowest BCUT2D eigenvalue weighted by Crippen LogP contribution is -2.29. The van der Waals surface area contributed by atoms with Crippen molar-refractivity contribution in [1.29, 1.82) is 0 Å². The summed E-state index contributed by atoms with van der Waals surface area (Å²) < 4.78 is 5.21. The molecule has 0 aromatic heterocycles. The van der Waals surface area contributed by atoms with Crippen molar-refractivity contribution in [3.8, 4) is 11.5 Å². The van der Waals surface area contributed by atoms with Crippen LogP contribution in [0.2, 0.25) is 5.02 Å². The van der Waals surface area contributed by atoms with Crippen molar-refractivity contribution in [1.82, 2.24) is 0 Å². The zero-order valence-corrected chi connectivity index (χ0v) is 21.2. The van der Waals surface area contributed by atoms with E-state index in [1.54, 1.807) is 17.0 Å². The summed E-state index contributed by atoms with van der Waals surface area (Å²) in [6, 6.07) is 14.9. The van der Waals surface area contributed by atoms with Gasteiger partial charge in [0.15, 0.2) is 16.7 Å². The van der Waals surface area contributed by atoms with E-state index in [-0.39, 0.29) is 17.4 Å². The first-order valence-corrected chi connectivity index (χ1v) is 11.9. The third-order valence-electron chi connectivity index (χ3n) is 5.99. The molecular weight excluding hydrogens is 468 g/mol. The first kappa shape index (κ1) is 23.9. The molecule has 7 heteroatoms. The quantitative estimate of drug-likeness (QED) is 0.394. The fourth-order valence-corrected chi connectivity index (χ4v) is 4.89. The first-order valence-electron chi connectivity index (χ1n) is 10.7. The molecule has 3 aromatic rings. The molecule has 0 bridgehead atoms. The second kappa shape index (κ2) is 9.57. The van der Waals surface area contributed by atoms with Crippen LogP contribution in [0.4, 0.5) is 11.4 Å². The molecule has 0 radical (unpaired) electrons. The Hall–Kier alpha value is -3.22. The van der Waals surface area contributed by atoms with Crippen LogP contribution in [0.1, 0.15) is 27.8 Å². The highest BCUT2D eigenvalue weighted by atomic mass is 35.5. The van der Waals surface area contributed by atoms with Crippen molar-refractivity contribution < 1.29 is 14.6 Å². The number of hydrogen-bond acceptors (Lipinski definition) is 5. The Kier molecular flexibility index (Phi) is 6.73. The number of nitrogens with zero attached hydrogens (tertiary/aromatic N) is 2. The van der Waals surface area contributed by atoms with Crippen LogP contribution in [-0.4, -0.2) is 23.3 Å². The van der Waals surface area contributed by atoms with Crippen molar-refractivity contribution in [2.24, 2.45) is 4.99 Å². The number of rotatable bonds is 4. The van der Waals surface area contributed by atoms with E-state index >= 15 is 0 Å². The minimum absolute atomic E-state index is 0.0778. The predicted octanol–water partition coefficient (Wildman–Crippen LogP) is 7.10. The molecule has 1 aliphatic heterocycles. The summed E-state index contributed by atoms with van der Waals surface area (Å²) in [6.07, 6.45) is 1.63. The maximum absolute atomic E-state index is 13.7. The van der Waals surface area contributed by atoms with Gasteiger partial charge in [-0.3, -0.25) is 9.69 Å². The number of carbonyl (C=O) groups is 1. The highest BCUT2D eigenvalue weighted by Crippen LogP contribution is 2.42. The van der Waals surface area contributed by atoms with Crippen molar-refractivity contribution in [2.75, 3.05) is 12.0 Å². The molecule has 3 aromatic carbocycles. The lowest BCUT2D eigenvalue weighted by atomic mass is 10.1. The summed E-state index contributed by atoms with van der Waals surface area (Å²) in [5.41, 5.74) is 6.24. The number of phenols is 1. The van der Waals surface area contributed by atoms with Gasteiger partial charge in [-0.05, 0) is 86.0 Å². The number of benzene rings is 3. The number of carbonyl (C=O) groups excluding carboxylic acids is 1. The first-order chi connectivity index (χ1) is 16.2. The average molecular weight is 493 g/mol. The second-order valence-corrected chi connectivity index (χ2v) is 9.58. The second-order valence-electron chi connectivity index (χ2n) is 8.13. The van der Waals surface area contributed by atoms with Crippen LogP contribution in [0.3, 0.4) is 0 Å². The Bertz CT molecular complexity index is 1360. The SMILES string of the molecule is COc1cc(Cl)cc(/C=C2/SC(=Nc3cccc(C)c3C)N(c3cccc(C)c3C)C2=O)c1O. The number of amidine groups is 1. The molecule has 0 unspecified atom stereocenters. The number of hydrogen-bond donors (Lipinski definition) is 1. The van der Waals surface area contributed by atoms with Crippen LogP contribution in [-0.2, 0) is 4.79 Å². The number of aliphatic imine (C=N–C) groups is 1. The topological polar surface area (TPSA) is 62.1 Å². The number of anilines is 1. The van der Waals surface area contributed by atoms with Gasteiger partial charge in [-0.2, -0.15) is 0 Å². The number of amides is 1. The van der Waals surface area contributed by atoms with Gasteiger partial charge in [-0.15, -0.1) is 0 Å². The summed E-state index contributed by atoms with van der Waals surface area (Å²) in [6.45, 7) is 8.06. The number of halogens is 1. The lowest BCUT2D eigenvalue weighted by Gasteiger charge is -2.19. The zero-order chi connectivity index (χ0) is 24.6. The normalized spacial score (nSPS) is 16.1. The standard InChI is InChI=1S/C27H25ClN2O3S/c1-15-8-6-10-21(17(15)3)29-27-30(22-11-7-9-16(2)18(22)4)26(32)24(34-27)13-19-12-20(28)14-23(33-5)25(19)31/h6-14,31H,1-5H3/b24-13+,29-27?. The van der Waals surface area contributed by atoms with E-state index in [0.29, 0.717) is 20.7 Å². The number of aromatic hydroxyl groups is 1. The summed E-state index contributed by atoms with van der Waals surface area (Å²) in [4.78, 5) is 20.6. The van der Waals surface area contributed by atoms with E-state index in [9.17, 15) is 9.90 Å². The Labute approximate surface area is 208 Å². The van der Waals surface area contributed by atoms with Gasteiger partial charge in [0, 0.05) is 16.7 Å². The summed E-state index contributed by atoms with van der Waals surface area (Å²) in [5.74, 6) is -0.0578. The van der Waals surface area contributed by atoms with Gasteiger partial charge in [-0.25, -0.2) is 4.99 Å². The molecular formula is C27H25ClN2O3S. The predicted molar refractivity (Wildman–Crippen MR) is 142 cm³/mol. The van der Waals surface area contributed by atoms with Gasteiger partial charge in [0.1, 0.15) is 0 Å². The van der Waals surface area contributed by atoms with E-state index in [2.05, 4.69) is 0 Å². The van der Waals surface area contributed by atoms with Gasteiger partial charge in [0.25, 0.3) is 5.91 Å². The van der Waals surface area contributed by atoms with Gasteiger partial charge >= 0.3 is 0 Å². The lowest BCUT2D eigenvalue weighted by molar-refractivity contribution is -0.113. The zero-order valence-electron chi connectivity index (χ0n) is 19.6. The highest BCUT2D eigenvalue weighted by Gasteiger charge is 2.36. The van der Waals surface area contributed by atoms with Crippen LogP contribution in [0.25, 0.3) is 6.08 Å². The largest absolute Gasteiger partial charge is 0.504 e. The highest BCUT2D eigenvalue weighted by molar-refractivity contribution is 8.19. The molecule has 1 aliphatic rings. The number of aryl methyl sites for hydroxylation is 2. The van der Waals surface area contributed by atoms with Crippen LogP contribution >= 0.6 is 23.4 Å². The molecule has 1 saturated heterocycles. The smallest absolute Gasteiger partial charge is 0.271 e. The van der Waals surface area contributed by atoms with E-state index < -0.39 is 0 Å². The van der Waals surface area contributed by atoms with Crippen molar-refractivity contribution in [3.05, 3.63) is 86.3 Å². The van der Waals surface area contributed by atoms with E-state index in [0.717, 1.165) is 33.6 Å².